The quantitative estimate of drug-likeness (QED) is 0.833. The molecule has 2 aromatic heterocycles. The van der Waals surface area contributed by atoms with E-state index in [9.17, 15) is 4.79 Å². The number of hydrogen-bond donors (Lipinski definition) is 0. The van der Waals surface area contributed by atoms with Crippen LogP contribution in [0, 0.1) is 0 Å². The molecular weight excluding hydrogens is 308 g/mol. The van der Waals surface area contributed by atoms with E-state index in [1.165, 1.54) is 7.11 Å². The van der Waals surface area contributed by atoms with Crippen molar-refractivity contribution in [2.75, 3.05) is 26.9 Å². The number of aryl methyl sites for hydroxylation is 1. The Morgan fingerprint density at radius 2 is 2.25 bits per heavy atom. The molecule has 0 saturated heterocycles. The van der Waals surface area contributed by atoms with Crippen molar-refractivity contribution >= 4 is 5.91 Å². The number of carbonyl (C=O) groups excluding carboxylic acids is 1. The van der Waals surface area contributed by atoms with Crippen molar-refractivity contribution in [1.29, 1.82) is 0 Å². The van der Waals surface area contributed by atoms with Gasteiger partial charge in [0, 0.05) is 38.0 Å². The summed E-state index contributed by atoms with van der Waals surface area (Å²) in [7, 11) is 3.50. The van der Waals surface area contributed by atoms with Gasteiger partial charge in [0.15, 0.2) is 0 Å². The van der Waals surface area contributed by atoms with Crippen LogP contribution in [0.1, 0.15) is 34.6 Å². The number of methoxy groups -OCH3 is 1. The Hall–Kier alpha value is -2.41. The van der Waals surface area contributed by atoms with Crippen molar-refractivity contribution in [2.45, 2.75) is 19.4 Å². The van der Waals surface area contributed by atoms with Crippen LogP contribution in [0.4, 0.5) is 0 Å². The van der Waals surface area contributed by atoms with Crippen LogP contribution in [0.5, 0.6) is 5.88 Å². The molecule has 3 heterocycles. The van der Waals surface area contributed by atoms with Gasteiger partial charge in [0.05, 0.1) is 32.3 Å². The number of imidazole rings is 1. The molecule has 1 aliphatic heterocycles. The summed E-state index contributed by atoms with van der Waals surface area (Å²) >= 11 is 0. The molecule has 1 amide bonds. The van der Waals surface area contributed by atoms with Gasteiger partial charge in [0.1, 0.15) is 5.56 Å². The maximum atomic E-state index is 12.9. The van der Waals surface area contributed by atoms with E-state index in [0.29, 0.717) is 37.7 Å². The zero-order chi connectivity index (χ0) is 17.1. The smallest absolute Gasteiger partial charge is 0.259 e. The molecule has 0 radical (unpaired) electrons. The predicted molar refractivity (Wildman–Crippen MR) is 88.0 cm³/mol. The number of rotatable bonds is 5. The summed E-state index contributed by atoms with van der Waals surface area (Å²) in [4.78, 5) is 23.3. The molecule has 0 bridgehead atoms. The van der Waals surface area contributed by atoms with E-state index in [0.717, 1.165) is 11.4 Å². The van der Waals surface area contributed by atoms with Crippen LogP contribution in [-0.4, -0.2) is 52.2 Å². The first-order valence-electron chi connectivity index (χ1n) is 8.01. The number of nitrogens with zero attached hydrogens (tertiary/aromatic N) is 4. The molecule has 0 aromatic carbocycles. The van der Waals surface area contributed by atoms with Crippen LogP contribution in [-0.2, 0) is 18.3 Å². The summed E-state index contributed by atoms with van der Waals surface area (Å²) in [6, 6.07) is 3.48. The molecule has 24 heavy (non-hydrogen) atoms. The minimum atomic E-state index is -0.0993. The van der Waals surface area contributed by atoms with Gasteiger partial charge in [-0.05, 0) is 19.1 Å². The summed E-state index contributed by atoms with van der Waals surface area (Å²) in [5, 5.41) is 0. The van der Waals surface area contributed by atoms with E-state index >= 15 is 0 Å². The van der Waals surface area contributed by atoms with E-state index < -0.39 is 0 Å². The lowest BCUT2D eigenvalue weighted by atomic mass is 9.98. The predicted octanol–water partition coefficient (Wildman–Crippen LogP) is 1.60. The summed E-state index contributed by atoms with van der Waals surface area (Å²) in [6.07, 6.45) is 3.41. The summed E-state index contributed by atoms with van der Waals surface area (Å²) in [5.41, 5.74) is 2.53. The van der Waals surface area contributed by atoms with Gasteiger partial charge >= 0.3 is 0 Å². The van der Waals surface area contributed by atoms with Crippen LogP contribution in [0.15, 0.2) is 24.7 Å². The van der Waals surface area contributed by atoms with Crippen molar-refractivity contribution in [2.24, 2.45) is 7.05 Å². The summed E-state index contributed by atoms with van der Waals surface area (Å²) < 4.78 is 12.9. The SMILES string of the molecule is CCOCC1CN(C(=O)c2cccnc2OC)Cc2ncn(C)c21. The Kier molecular flexibility index (Phi) is 4.80. The van der Waals surface area contributed by atoms with Crippen LogP contribution in [0.25, 0.3) is 0 Å². The maximum Gasteiger partial charge on any atom is 0.259 e. The summed E-state index contributed by atoms with van der Waals surface area (Å²) in [6.45, 7) is 4.25. The van der Waals surface area contributed by atoms with E-state index in [4.69, 9.17) is 9.47 Å². The highest BCUT2D eigenvalue weighted by Gasteiger charge is 2.32. The molecule has 3 rings (SSSR count). The van der Waals surface area contributed by atoms with Gasteiger partial charge in [-0.15, -0.1) is 0 Å². The van der Waals surface area contributed by atoms with E-state index in [1.807, 2.05) is 18.5 Å². The van der Waals surface area contributed by atoms with Crippen molar-refractivity contribution in [3.05, 3.63) is 41.6 Å². The average molecular weight is 330 g/mol. The zero-order valence-electron chi connectivity index (χ0n) is 14.2. The third-order valence-corrected chi connectivity index (χ3v) is 4.24. The highest BCUT2D eigenvalue weighted by Crippen LogP contribution is 2.29. The maximum absolute atomic E-state index is 12.9. The monoisotopic (exact) mass is 330 g/mol. The molecule has 0 spiro atoms. The van der Waals surface area contributed by atoms with Crippen molar-refractivity contribution in [3.63, 3.8) is 0 Å². The molecule has 128 valence electrons. The molecular formula is C17H22N4O3. The number of hydrogen-bond acceptors (Lipinski definition) is 5. The van der Waals surface area contributed by atoms with Crippen LogP contribution < -0.4 is 4.74 Å². The third kappa shape index (κ3) is 2.99. The Balaban J connectivity index is 1.88. The number of carbonyl (C=O) groups is 1. The first kappa shape index (κ1) is 16.4. The Bertz CT molecular complexity index is 728. The number of aromatic nitrogens is 3. The van der Waals surface area contributed by atoms with Crippen molar-refractivity contribution in [1.82, 2.24) is 19.4 Å². The van der Waals surface area contributed by atoms with Crippen LogP contribution in [0.3, 0.4) is 0 Å². The Labute approximate surface area is 141 Å². The van der Waals surface area contributed by atoms with Gasteiger partial charge in [0.25, 0.3) is 5.91 Å². The molecule has 0 fully saturated rings. The highest BCUT2D eigenvalue weighted by atomic mass is 16.5. The lowest BCUT2D eigenvalue weighted by molar-refractivity contribution is 0.0641. The Morgan fingerprint density at radius 1 is 1.42 bits per heavy atom. The standard InChI is InChI=1S/C17H22N4O3/c1-4-24-10-12-8-21(9-14-15(12)20(2)11-19-14)17(22)13-6-5-7-18-16(13)23-3/h5-7,11-12H,4,8-10H2,1-3H3. The van der Waals surface area contributed by atoms with Gasteiger partial charge in [0.2, 0.25) is 5.88 Å². The first-order chi connectivity index (χ1) is 11.7. The van der Waals surface area contributed by atoms with Gasteiger partial charge in [-0.3, -0.25) is 4.79 Å². The largest absolute Gasteiger partial charge is 0.480 e. The van der Waals surface area contributed by atoms with E-state index in [2.05, 4.69) is 9.97 Å². The second-order valence-corrected chi connectivity index (χ2v) is 5.79. The van der Waals surface area contributed by atoms with Crippen molar-refractivity contribution < 1.29 is 14.3 Å². The van der Waals surface area contributed by atoms with Crippen molar-refractivity contribution in [3.8, 4) is 5.88 Å². The second-order valence-electron chi connectivity index (χ2n) is 5.79. The topological polar surface area (TPSA) is 69.5 Å². The number of fused-ring (bicyclic) bond motifs is 1. The van der Waals surface area contributed by atoms with Crippen LogP contribution in [0.2, 0.25) is 0 Å². The molecule has 0 aliphatic carbocycles. The fourth-order valence-corrected chi connectivity index (χ4v) is 3.16. The molecule has 1 aliphatic rings. The highest BCUT2D eigenvalue weighted by molar-refractivity contribution is 5.96. The van der Waals surface area contributed by atoms with Gasteiger partial charge in [-0.1, -0.05) is 0 Å². The molecule has 7 heteroatoms. The molecule has 0 N–H and O–H groups in total. The second kappa shape index (κ2) is 7.00. The van der Waals surface area contributed by atoms with E-state index in [-0.39, 0.29) is 11.8 Å². The van der Waals surface area contributed by atoms with Crippen LogP contribution >= 0.6 is 0 Å². The number of ether oxygens (including phenoxy) is 2. The summed E-state index contributed by atoms with van der Waals surface area (Å²) in [5.74, 6) is 0.348. The zero-order valence-corrected chi connectivity index (χ0v) is 14.2. The Morgan fingerprint density at radius 3 is 3.00 bits per heavy atom. The average Bonchev–Trinajstić information content (AvgIpc) is 3.00. The lowest BCUT2D eigenvalue weighted by Crippen LogP contribution is -2.40. The minimum Gasteiger partial charge on any atom is -0.480 e. The fourth-order valence-electron chi connectivity index (χ4n) is 3.16. The fraction of sp³-hybridized carbons (Fsp3) is 0.471. The number of pyridine rings is 1. The molecule has 1 unspecified atom stereocenters. The minimum absolute atomic E-state index is 0.0993. The first-order valence-corrected chi connectivity index (χ1v) is 8.01. The van der Waals surface area contributed by atoms with E-state index in [1.54, 1.807) is 29.6 Å². The lowest BCUT2D eigenvalue weighted by Gasteiger charge is -2.33. The molecule has 1 atom stereocenters. The normalized spacial score (nSPS) is 16.8. The number of amides is 1. The molecule has 0 saturated carbocycles. The third-order valence-electron chi connectivity index (χ3n) is 4.24. The van der Waals surface area contributed by atoms with Gasteiger partial charge in [-0.2, -0.15) is 0 Å². The van der Waals surface area contributed by atoms with Gasteiger partial charge < -0.3 is 18.9 Å². The van der Waals surface area contributed by atoms with Gasteiger partial charge in [-0.25, -0.2) is 9.97 Å². The molecule has 7 nitrogen and oxygen atoms in total. The molecule has 2 aromatic rings.